The van der Waals surface area contributed by atoms with Gasteiger partial charge in [0.2, 0.25) is 5.28 Å². The number of aromatic nitrogens is 2. The number of ether oxygens (including phenoxy) is 1. The summed E-state index contributed by atoms with van der Waals surface area (Å²) in [6, 6.07) is 1.74. The minimum atomic E-state index is -0.155. The first-order chi connectivity index (χ1) is 11.7. The normalized spacial score (nSPS) is 14.2. The number of carbonyl (C=O) groups excluding carboxylic acids is 1. The maximum absolute atomic E-state index is 12.1. The Morgan fingerprint density at radius 2 is 2.12 bits per heavy atom. The lowest BCUT2D eigenvalue weighted by Crippen LogP contribution is -2.36. The fourth-order valence-corrected chi connectivity index (χ4v) is 3.46. The molecule has 1 saturated heterocycles. The topological polar surface area (TPSA) is 93.4 Å². The van der Waals surface area contributed by atoms with E-state index in [9.17, 15) is 4.79 Å². The molecule has 1 fully saturated rings. The van der Waals surface area contributed by atoms with Gasteiger partial charge in [0.05, 0.1) is 28.3 Å². The van der Waals surface area contributed by atoms with Gasteiger partial charge in [0.25, 0.3) is 5.91 Å². The molecule has 0 atom stereocenters. The molecule has 3 rings (SSSR count). The van der Waals surface area contributed by atoms with Crippen LogP contribution in [-0.2, 0) is 4.74 Å². The van der Waals surface area contributed by atoms with Crippen LogP contribution < -0.4 is 16.0 Å². The van der Waals surface area contributed by atoms with Crippen molar-refractivity contribution < 1.29 is 9.53 Å². The van der Waals surface area contributed by atoms with Crippen molar-refractivity contribution in [2.45, 2.75) is 13.8 Å². The second kappa shape index (κ2) is 9.12. The van der Waals surface area contributed by atoms with Gasteiger partial charge in [-0.2, -0.15) is 4.98 Å². The van der Waals surface area contributed by atoms with E-state index in [1.165, 1.54) is 11.3 Å². The van der Waals surface area contributed by atoms with Crippen LogP contribution in [0.25, 0.3) is 10.2 Å². The van der Waals surface area contributed by atoms with Crippen molar-refractivity contribution in [3.8, 4) is 0 Å². The van der Waals surface area contributed by atoms with Crippen LogP contribution in [0.2, 0.25) is 5.28 Å². The maximum atomic E-state index is 12.1. The molecule has 0 saturated carbocycles. The van der Waals surface area contributed by atoms with Gasteiger partial charge in [-0.3, -0.25) is 4.79 Å². The van der Waals surface area contributed by atoms with Crippen LogP contribution in [0.1, 0.15) is 23.5 Å². The molecule has 2 aromatic heterocycles. The third-order valence-corrected chi connectivity index (χ3v) is 4.58. The third kappa shape index (κ3) is 4.32. The summed E-state index contributed by atoms with van der Waals surface area (Å²) in [5.41, 5.74) is 6.09. The van der Waals surface area contributed by atoms with Crippen LogP contribution in [0.3, 0.4) is 0 Å². The number of nitrogens with one attached hydrogen (secondary N) is 1. The van der Waals surface area contributed by atoms with Gasteiger partial charge in [0.15, 0.2) is 5.82 Å². The zero-order valence-electron chi connectivity index (χ0n) is 13.8. The zero-order valence-corrected chi connectivity index (χ0v) is 15.4. The molecular formula is C15H22ClN5O2S. The molecule has 0 radical (unpaired) electrons. The average Bonchev–Trinajstić information content (AvgIpc) is 3.05. The molecule has 7 nitrogen and oxygen atoms in total. The smallest absolute Gasteiger partial charge is 0.261 e. The second-order valence-electron chi connectivity index (χ2n) is 4.79. The number of anilines is 1. The lowest BCUT2D eigenvalue weighted by molar-refractivity contribution is 0.0959. The van der Waals surface area contributed by atoms with Crippen molar-refractivity contribution in [1.82, 2.24) is 15.3 Å². The highest BCUT2D eigenvalue weighted by atomic mass is 35.5. The summed E-state index contributed by atoms with van der Waals surface area (Å²) in [6.07, 6.45) is 0. The number of hydrogen-bond donors (Lipinski definition) is 2. The molecule has 3 heterocycles. The van der Waals surface area contributed by atoms with Crippen LogP contribution in [-0.4, -0.2) is 55.3 Å². The third-order valence-electron chi connectivity index (χ3n) is 3.29. The fraction of sp³-hybridized carbons (Fsp3) is 0.533. The Hall–Kier alpha value is -1.48. The summed E-state index contributed by atoms with van der Waals surface area (Å²) in [4.78, 5) is 23.3. The van der Waals surface area contributed by atoms with E-state index in [-0.39, 0.29) is 11.2 Å². The Kier molecular flexibility index (Phi) is 7.16. The lowest BCUT2D eigenvalue weighted by atomic mass is 10.3. The first-order valence-electron chi connectivity index (χ1n) is 7.97. The number of thiophene rings is 1. The highest BCUT2D eigenvalue weighted by Crippen LogP contribution is 2.33. The average molecular weight is 372 g/mol. The highest BCUT2D eigenvalue weighted by Gasteiger charge is 2.20. The number of halogens is 1. The minimum absolute atomic E-state index is 0.155. The quantitative estimate of drug-likeness (QED) is 0.797. The van der Waals surface area contributed by atoms with E-state index in [1.54, 1.807) is 6.07 Å². The monoisotopic (exact) mass is 371 g/mol. The van der Waals surface area contributed by atoms with Gasteiger partial charge in [-0.25, -0.2) is 4.98 Å². The van der Waals surface area contributed by atoms with E-state index in [1.807, 2.05) is 13.8 Å². The van der Waals surface area contributed by atoms with Crippen molar-refractivity contribution in [3.05, 3.63) is 16.2 Å². The summed E-state index contributed by atoms with van der Waals surface area (Å²) in [5, 5.41) is 2.94. The first-order valence-corrected chi connectivity index (χ1v) is 9.16. The summed E-state index contributed by atoms with van der Waals surface area (Å²) in [6.45, 7) is 7.64. The molecule has 0 unspecified atom stereocenters. The van der Waals surface area contributed by atoms with E-state index >= 15 is 0 Å². The molecule has 1 amide bonds. The number of fused-ring (bicyclic) bond motifs is 1. The summed E-state index contributed by atoms with van der Waals surface area (Å²) >= 11 is 7.39. The molecule has 9 heteroatoms. The number of rotatable bonds is 4. The number of hydrogen-bond acceptors (Lipinski definition) is 7. The molecule has 0 spiro atoms. The van der Waals surface area contributed by atoms with Crippen LogP contribution >= 0.6 is 22.9 Å². The van der Waals surface area contributed by atoms with E-state index < -0.39 is 0 Å². The largest absolute Gasteiger partial charge is 0.378 e. The van der Waals surface area contributed by atoms with E-state index in [0.29, 0.717) is 36.7 Å². The number of carbonyl (C=O) groups is 1. The molecule has 0 aliphatic carbocycles. The van der Waals surface area contributed by atoms with Gasteiger partial charge >= 0.3 is 0 Å². The van der Waals surface area contributed by atoms with E-state index in [0.717, 1.165) is 23.6 Å². The van der Waals surface area contributed by atoms with Crippen molar-refractivity contribution in [3.63, 3.8) is 0 Å². The molecule has 24 heavy (non-hydrogen) atoms. The fourth-order valence-electron chi connectivity index (χ4n) is 2.26. The van der Waals surface area contributed by atoms with Crippen molar-refractivity contribution >= 4 is 44.9 Å². The van der Waals surface area contributed by atoms with Gasteiger partial charge in [-0.15, -0.1) is 11.3 Å². The number of nitrogens with zero attached hydrogens (tertiary/aromatic N) is 3. The molecule has 2 aromatic rings. The Morgan fingerprint density at radius 1 is 1.42 bits per heavy atom. The molecule has 1 aliphatic heterocycles. The van der Waals surface area contributed by atoms with Crippen LogP contribution in [0, 0.1) is 0 Å². The summed E-state index contributed by atoms with van der Waals surface area (Å²) in [5.74, 6) is 0.610. The van der Waals surface area contributed by atoms with Crippen LogP contribution in [0.15, 0.2) is 6.07 Å². The predicted octanol–water partition coefficient (Wildman–Crippen LogP) is 1.90. The molecule has 1 aliphatic rings. The predicted molar refractivity (Wildman–Crippen MR) is 98.2 cm³/mol. The molecule has 0 aromatic carbocycles. The standard InChI is InChI=1S/C13H16ClN5O2S.C2H6/c14-13-17-8-7-9(12(20)16-2-1-15)22-10(8)11(18-13)19-3-5-21-6-4-19;1-2/h7H,1-6,15H2,(H,16,20);1-2H3. The zero-order chi connectivity index (χ0) is 17.5. The maximum Gasteiger partial charge on any atom is 0.261 e. The SMILES string of the molecule is CC.NCCNC(=O)c1cc2nc(Cl)nc(N3CCOCC3)c2s1. The Labute approximate surface area is 150 Å². The number of morpholine rings is 1. The van der Waals surface area contributed by atoms with E-state index in [2.05, 4.69) is 20.2 Å². The van der Waals surface area contributed by atoms with E-state index in [4.69, 9.17) is 22.1 Å². The van der Waals surface area contributed by atoms with Crippen molar-refractivity contribution in [2.24, 2.45) is 5.73 Å². The van der Waals surface area contributed by atoms with Gasteiger partial charge in [-0.05, 0) is 17.7 Å². The van der Waals surface area contributed by atoms with Crippen LogP contribution in [0.4, 0.5) is 5.82 Å². The molecule has 0 bridgehead atoms. The van der Waals surface area contributed by atoms with Gasteiger partial charge in [-0.1, -0.05) is 13.8 Å². The summed E-state index contributed by atoms with van der Waals surface area (Å²) in [7, 11) is 0. The van der Waals surface area contributed by atoms with Crippen molar-refractivity contribution in [1.29, 1.82) is 0 Å². The number of amides is 1. The number of nitrogens with two attached hydrogens (primary N) is 1. The van der Waals surface area contributed by atoms with Gasteiger partial charge < -0.3 is 20.7 Å². The Morgan fingerprint density at radius 3 is 2.79 bits per heavy atom. The molecule has 3 N–H and O–H groups in total. The van der Waals surface area contributed by atoms with Crippen LogP contribution in [0.5, 0.6) is 0 Å². The molecule has 132 valence electrons. The van der Waals surface area contributed by atoms with Gasteiger partial charge in [0.1, 0.15) is 0 Å². The summed E-state index contributed by atoms with van der Waals surface area (Å²) < 4.78 is 6.23. The Balaban J connectivity index is 0.00000100. The second-order valence-corrected chi connectivity index (χ2v) is 6.18. The minimum Gasteiger partial charge on any atom is -0.378 e. The lowest BCUT2D eigenvalue weighted by Gasteiger charge is -2.28. The van der Waals surface area contributed by atoms with Gasteiger partial charge in [0, 0.05) is 26.2 Å². The first kappa shape index (κ1) is 18.9. The Bertz CT molecular complexity index is 688. The van der Waals surface area contributed by atoms with Crippen molar-refractivity contribution in [2.75, 3.05) is 44.3 Å². The molecular weight excluding hydrogens is 350 g/mol. The highest BCUT2D eigenvalue weighted by molar-refractivity contribution is 7.21.